The summed E-state index contributed by atoms with van der Waals surface area (Å²) >= 11 is 0. The average Bonchev–Trinajstić information content (AvgIpc) is 2.74. The number of hydrogen-bond donors (Lipinski definition) is 1. The van der Waals surface area contributed by atoms with Crippen LogP contribution in [0.25, 0.3) is 0 Å². The van der Waals surface area contributed by atoms with Crippen molar-refractivity contribution in [3.8, 4) is 0 Å². The van der Waals surface area contributed by atoms with Crippen molar-refractivity contribution >= 4 is 0 Å². The van der Waals surface area contributed by atoms with Gasteiger partial charge in [-0.05, 0) is 19.9 Å². The molecule has 0 aliphatic carbocycles. The van der Waals surface area contributed by atoms with Gasteiger partial charge in [-0.25, -0.2) is 0 Å². The predicted octanol–water partition coefficient (Wildman–Crippen LogP) is 0.223. The molecule has 0 aromatic heterocycles. The van der Waals surface area contributed by atoms with Crippen LogP contribution in [0.3, 0.4) is 0 Å². The minimum Gasteiger partial charge on any atom is -0.389 e. The molecule has 5 heteroatoms. The monoisotopic (exact) mass is 245 g/mol. The molecule has 100 valence electrons. The van der Waals surface area contributed by atoms with Gasteiger partial charge in [0, 0.05) is 19.6 Å². The van der Waals surface area contributed by atoms with E-state index in [0.717, 1.165) is 25.9 Å². The van der Waals surface area contributed by atoms with Crippen LogP contribution in [0.2, 0.25) is 0 Å². The van der Waals surface area contributed by atoms with E-state index >= 15 is 0 Å². The molecule has 0 amide bonds. The van der Waals surface area contributed by atoms with Crippen LogP contribution in [-0.4, -0.2) is 68.0 Å². The molecule has 0 aromatic rings. The number of β-amino-alcohol motifs (C(OH)–C–C–N with tert-alkyl or cyclic N) is 1. The number of likely N-dealkylation sites (tertiary alicyclic amines) is 1. The van der Waals surface area contributed by atoms with Crippen LogP contribution < -0.4 is 0 Å². The third-order valence-corrected chi connectivity index (χ3v) is 3.29. The van der Waals surface area contributed by atoms with Gasteiger partial charge in [0.25, 0.3) is 0 Å². The topological polar surface area (TPSA) is 51.2 Å². The van der Waals surface area contributed by atoms with Gasteiger partial charge in [0.15, 0.2) is 5.79 Å². The lowest BCUT2D eigenvalue weighted by Gasteiger charge is -2.39. The fourth-order valence-electron chi connectivity index (χ4n) is 2.56. The third kappa shape index (κ3) is 3.63. The zero-order valence-electron chi connectivity index (χ0n) is 10.6. The van der Waals surface area contributed by atoms with Gasteiger partial charge in [-0.15, -0.1) is 0 Å². The summed E-state index contributed by atoms with van der Waals surface area (Å²) in [5.74, 6) is -0.399. The zero-order chi connectivity index (χ0) is 12.1. The number of hydrogen-bond acceptors (Lipinski definition) is 5. The van der Waals surface area contributed by atoms with Crippen molar-refractivity contribution in [2.24, 2.45) is 0 Å². The molecule has 5 nitrogen and oxygen atoms in total. The maximum atomic E-state index is 9.82. The molecule has 2 saturated heterocycles. The first-order valence-electron chi connectivity index (χ1n) is 6.50. The largest absolute Gasteiger partial charge is 0.389 e. The summed E-state index contributed by atoms with van der Waals surface area (Å²) in [6.45, 7) is 6.75. The smallest absolute Gasteiger partial charge is 0.181 e. The fourth-order valence-corrected chi connectivity index (χ4v) is 2.56. The van der Waals surface area contributed by atoms with Crippen LogP contribution in [0, 0.1) is 0 Å². The predicted molar refractivity (Wildman–Crippen MR) is 62.8 cm³/mol. The molecule has 2 rings (SSSR count). The van der Waals surface area contributed by atoms with Crippen LogP contribution in [0.5, 0.6) is 0 Å². The molecule has 0 saturated carbocycles. The first-order valence-corrected chi connectivity index (χ1v) is 6.50. The molecule has 2 aliphatic rings. The minimum absolute atomic E-state index is 0.399. The molecule has 0 aromatic carbocycles. The zero-order valence-corrected chi connectivity index (χ0v) is 10.6. The van der Waals surface area contributed by atoms with Gasteiger partial charge < -0.3 is 19.3 Å². The van der Waals surface area contributed by atoms with Crippen LogP contribution >= 0.6 is 0 Å². The van der Waals surface area contributed by atoms with E-state index in [1.54, 1.807) is 0 Å². The van der Waals surface area contributed by atoms with E-state index in [-0.39, 0.29) is 0 Å². The second-order valence-corrected chi connectivity index (χ2v) is 4.76. The lowest BCUT2D eigenvalue weighted by Crippen LogP contribution is -2.51. The molecule has 2 fully saturated rings. The van der Waals surface area contributed by atoms with Crippen molar-refractivity contribution < 1.29 is 19.3 Å². The van der Waals surface area contributed by atoms with Crippen LogP contribution in [0.15, 0.2) is 0 Å². The van der Waals surface area contributed by atoms with E-state index in [4.69, 9.17) is 14.2 Å². The highest BCUT2D eigenvalue weighted by atomic mass is 16.7. The average molecular weight is 245 g/mol. The molecular weight excluding hydrogens is 222 g/mol. The molecule has 1 unspecified atom stereocenters. The van der Waals surface area contributed by atoms with Gasteiger partial charge in [0.05, 0.1) is 32.5 Å². The number of ether oxygens (including phenoxy) is 3. The second-order valence-electron chi connectivity index (χ2n) is 4.76. The maximum absolute atomic E-state index is 9.82. The summed E-state index contributed by atoms with van der Waals surface area (Å²) in [4.78, 5) is 2.21. The standard InChI is InChI=1S/C12H23NO4/c1-2-15-9-11(14)8-13-5-3-4-12(10-13)16-6-7-17-12/h11,14H,2-10H2,1H3. The molecule has 1 atom stereocenters. The summed E-state index contributed by atoms with van der Waals surface area (Å²) in [6, 6.07) is 0. The fraction of sp³-hybridized carbons (Fsp3) is 1.00. The Balaban J connectivity index is 1.77. The number of piperidine rings is 1. The van der Waals surface area contributed by atoms with Crippen molar-refractivity contribution in [2.45, 2.75) is 31.7 Å². The highest BCUT2D eigenvalue weighted by Gasteiger charge is 2.40. The van der Waals surface area contributed by atoms with E-state index in [2.05, 4.69) is 4.90 Å². The molecular formula is C12H23NO4. The lowest BCUT2D eigenvalue weighted by molar-refractivity contribution is -0.191. The Morgan fingerprint density at radius 1 is 1.41 bits per heavy atom. The van der Waals surface area contributed by atoms with Crippen molar-refractivity contribution in [3.63, 3.8) is 0 Å². The van der Waals surface area contributed by atoms with Crippen molar-refractivity contribution in [1.29, 1.82) is 0 Å². The van der Waals surface area contributed by atoms with Crippen LogP contribution in [0.1, 0.15) is 19.8 Å². The normalized spacial score (nSPS) is 26.5. The van der Waals surface area contributed by atoms with Gasteiger partial charge in [-0.1, -0.05) is 0 Å². The Labute approximate surface area is 103 Å². The van der Waals surface area contributed by atoms with Crippen LogP contribution in [0.4, 0.5) is 0 Å². The Kier molecular flexibility index (Phi) is 4.76. The first-order chi connectivity index (χ1) is 8.24. The molecule has 1 spiro atoms. The minimum atomic E-state index is -0.425. The van der Waals surface area contributed by atoms with E-state index in [1.807, 2.05) is 6.92 Å². The summed E-state index contributed by atoms with van der Waals surface area (Å²) < 4.78 is 16.6. The molecule has 2 aliphatic heterocycles. The van der Waals surface area contributed by atoms with Gasteiger partial charge in [-0.2, -0.15) is 0 Å². The lowest BCUT2D eigenvalue weighted by atomic mass is 10.0. The Morgan fingerprint density at radius 3 is 2.88 bits per heavy atom. The highest BCUT2D eigenvalue weighted by Crippen LogP contribution is 2.29. The SMILES string of the molecule is CCOCC(O)CN1CCCC2(C1)OCCO2. The Bertz CT molecular complexity index is 231. The maximum Gasteiger partial charge on any atom is 0.181 e. The van der Waals surface area contributed by atoms with E-state index in [0.29, 0.717) is 33.0 Å². The molecule has 0 bridgehead atoms. The van der Waals surface area contributed by atoms with Gasteiger partial charge in [-0.3, -0.25) is 4.90 Å². The van der Waals surface area contributed by atoms with E-state index in [9.17, 15) is 5.11 Å². The van der Waals surface area contributed by atoms with E-state index in [1.165, 1.54) is 0 Å². The quantitative estimate of drug-likeness (QED) is 0.751. The van der Waals surface area contributed by atoms with Crippen molar-refractivity contribution in [3.05, 3.63) is 0 Å². The summed E-state index contributed by atoms with van der Waals surface area (Å²) in [5.41, 5.74) is 0. The first kappa shape index (κ1) is 13.2. The van der Waals surface area contributed by atoms with Gasteiger partial charge >= 0.3 is 0 Å². The molecule has 1 N–H and O–H groups in total. The third-order valence-electron chi connectivity index (χ3n) is 3.29. The number of rotatable bonds is 5. The van der Waals surface area contributed by atoms with Gasteiger partial charge in [0.2, 0.25) is 0 Å². The van der Waals surface area contributed by atoms with Crippen LogP contribution in [-0.2, 0) is 14.2 Å². The summed E-state index contributed by atoms with van der Waals surface area (Å²) in [7, 11) is 0. The van der Waals surface area contributed by atoms with Gasteiger partial charge in [0.1, 0.15) is 0 Å². The van der Waals surface area contributed by atoms with Crippen molar-refractivity contribution in [1.82, 2.24) is 4.90 Å². The summed E-state index contributed by atoms with van der Waals surface area (Å²) in [5, 5.41) is 9.82. The molecule has 0 radical (unpaired) electrons. The number of nitrogens with zero attached hydrogens (tertiary/aromatic N) is 1. The molecule has 2 heterocycles. The number of aliphatic hydroxyl groups is 1. The Morgan fingerprint density at radius 2 is 2.18 bits per heavy atom. The van der Waals surface area contributed by atoms with E-state index < -0.39 is 11.9 Å². The van der Waals surface area contributed by atoms with Crippen molar-refractivity contribution in [2.75, 3.05) is 46.1 Å². The Hall–Kier alpha value is -0.200. The second kappa shape index (κ2) is 6.11. The molecule has 17 heavy (non-hydrogen) atoms. The number of aliphatic hydroxyl groups excluding tert-OH is 1. The highest BCUT2D eigenvalue weighted by molar-refractivity contribution is 4.84. The summed E-state index contributed by atoms with van der Waals surface area (Å²) in [6.07, 6.45) is 1.60.